The molecule has 0 bridgehead atoms. The average Bonchev–Trinajstić information content (AvgIpc) is 2.93. The van der Waals surface area contributed by atoms with Gasteiger partial charge in [0, 0.05) is 24.6 Å². The molecule has 36 heavy (non-hydrogen) atoms. The number of methoxy groups -OCH3 is 1. The van der Waals surface area contributed by atoms with Crippen LogP contribution in [0.1, 0.15) is 33.2 Å². The molecule has 0 spiro atoms. The van der Waals surface area contributed by atoms with Crippen LogP contribution in [0.2, 0.25) is 0 Å². The number of hydrogen-bond donors (Lipinski definition) is 2. The molecule has 7 heteroatoms. The van der Waals surface area contributed by atoms with Gasteiger partial charge in [-0.25, -0.2) is 9.59 Å². The van der Waals surface area contributed by atoms with Crippen molar-refractivity contribution in [2.75, 3.05) is 19.0 Å². The molecule has 2 amide bonds. The number of pyridine rings is 1. The number of nitrogens with one attached hydrogen (secondary N) is 2. The van der Waals surface area contributed by atoms with E-state index in [1.165, 1.54) is 7.11 Å². The molecule has 3 aromatic carbocycles. The minimum absolute atomic E-state index is 0.212. The molecule has 182 valence electrons. The molecular formula is C29H27N3O4. The van der Waals surface area contributed by atoms with Gasteiger partial charge in [-0.1, -0.05) is 60.7 Å². The molecule has 0 atom stereocenters. The van der Waals surface area contributed by atoms with Gasteiger partial charge < -0.3 is 20.1 Å². The molecule has 0 saturated heterocycles. The molecule has 4 aromatic rings. The lowest BCUT2D eigenvalue weighted by atomic mass is 10.0. The van der Waals surface area contributed by atoms with Gasteiger partial charge in [0.05, 0.1) is 7.11 Å². The Morgan fingerprint density at radius 3 is 2.11 bits per heavy atom. The first-order valence-corrected chi connectivity index (χ1v) is 11.6. The Kier molecular flexibility index (Phi) is 8.27. The van der Waals surface area contributed by atoms with E-state index in [9.17, 15) is 9.59 Å². The van der Waals surface area contributed by atoms with Crippen LogP contribution in [0, 0.1) is 0 Å². The topological polar surface area (TPSA) is 89.5 Å². The van der Waals surface area contributed by atoms with Crippen LogP contribution < -0.4 is 15.4 Å². The number of aromatic nitrogens is 1. The third kappa shape index (κ3) is 6.48. The molecule has 0 fully saturated rings. The van der Waals surface area contributed by atoms with E-state index < -0.39 is 12.1 Å². The summed E-state index contributed by atoms with van der Waals surface area (Å²) in [5.74, 6) is -0.213. The van der Waals surface area contributed by atoms with Crippen LogP contribution in [-0.2, 0) is 11.2 Å². The van der Waals surface area contributed by atoms with Crippen LogP contribution in [0.4, 0.5) is 10.5 Å². The van der Waals surface area contributed by atoms with Gasteiger partial charge in [-0.05, 0) is 53.4 Å². The minimum Gasteiger partial charge on any atom is -0.480 e. The Balaban J connectivity index is 1.51. The molecule has 1 heterocycles. The monoisotopic (exact) mass is 481 g/mol. The van der Waals surface area contributed by atoms with Crippen LogP contribution in [0.25, 0.3) is 0 Å². The zero-order valence-corrected chi connectivity index (χ0v) is 19.9. The van der Waals surface area contributed by atoms with Gasteiger partial charge in [0.15, 0.2) is 0 Å². The normalized spacial score (nSPS) is 10.5. The maximum atomic E-state index is 12.6. The van der Waals surface area contributed by atoms with Crippen molar-refractivity contribution >= 4 is 17.7 Å². The molecule has 1 aromatic heterocycles. The molecule has 4 rings (SSSR count). The number of benzene rings is 3. The Bertz CT molecular complexity index is 1240. The Labute approximate surface area is 210 Å². The molecule has 0 saturated carbocycles. The molecule has 0 aliphatic heterocycles. The fraction of sp³-hybridized carbons (Fsp3) is 0.138. The van der Waals surface area contributed by atoms with Gasteiger partial charge in [0.1, 0.15) is 17.4 Å². The lowest BCUT2D eigenvalue weighted by Crippen LogP contribution is -2.30. The van der Waals surface area contributed by atoms with Crippen molar-refractivity contribution in [2.24, 2.45) is 0 Å². The van der Waals surface area contributed by atoms with Crippen LogP contribution in [0.5, 0.6) is 5.75 Å². The number of carbonyl (C=O) groups is 2. The zero-order valence-electron chi connectivity index (χ0n) is 19.9. The first-order chi connectivity index (χ1) is 17.6. The summed E-state index contributed by atoms with van der Waals surface area (Å²) in [7, 11) is 1.31. The van der Waals surface area contributed by atoms with Gasteiger partial charge in [-0.3, -0.25) is 4.98 Å². The summed E-state index contributed by atoms with van der Waals surface area (Å²) in [5.41, 5.74) is 3.61. The Morgan fingerprint density at radius 1 is 0.861 bits per heavy atom. The molecule has 0 aliphatic carbocycles. The molecule has 2 N–H and O–H groups in total. The van der Waals surface area contributed by atoms with Gasteiger partial charge in [0.25, 0.3) is 0 Å². The highest BCUT2D eigenvalue weighted by atomic mass is 16.5. The number of carbonyl (C=O) groups excluding carboxylic acids is 2. The van der Waals surface area contributed by atoms with Crippen LogP contribution in [-0.4, -0.2) is 30.6 Å². The lowest BCUT2D eigenvalue weighted by molar-refractivity contribution is 0.0594. The number of ether oxygens (including phenoxy) is 2. The van der Waals surface area contributed by atoms with Crippen molar-refractivity contribution in [3.8, 4) is 5.75 Å². The van der Waals surface area contributed by atoms with E-state index in [0.29, 0.717) is 24.4 Å². The maximum Gasteiger partial charge on any atom is 0.341 e. The highest BCUT2D eigenvalue weighted by Crippen LogP contribution is 2.32. The van der Waals surface area contributed by atoms with Gasteiger partial charge in [0.2, 0.25) is 0 Å². The molecule has 0 radical (unpaired) electrons. The van der Waals surface area contributed by atoms with Crippen LogP contribution >= 0.6 is 0 Å². The summed E-state index contributed by atoms with van der Waals surface area (Å²) in [6.07, 6.45) is 3.67. The predicted octanol–water partition coefficient (Wildman–Crippen LogP) is 5.40. The van der Waals surface area contributed by atoms with Gasteiger partial charge >= 0.3 is 12.0 Å². The number of rotatable bonds is 9. The summed E-state index contributed by atoms with van der Waals surface area (Å²) >= 11 is 0. The highest BCUT2D eigenvalue weighted by Gasteiger charge is 2.21. The van der Waals surface area contributed by atoms with E-state index in [1.54, 1.807) is 30.6 Å². The summed E-state index contributed by atoms with van der Waals surface area (Å²) in [6.45, 7) is 0.455. The van der Waals surface area contributed by atoms with Crippen LogP contribution in [0.3, 0.4) is 0 Å². The standard InChI is InChI=1S/C29H27N3O4/c1-35-28(33)25-20-24(32-29(34)31-19-16-21-14-17-30-18-15-21)12-13-26(25)36-27(22-8-4-2-5-9-22)23-10-6-3-7-11-23/h2-15,17-18,20,27H,16,19H2,1H3,(H2,31,32,34). The maximum absolute atomic E-state index is 12.6. The third-order valence-electron chi connectivity index (χ3n) is 5.54. The summed E-state index contributed by atoms with van der Waals surface area (Å²) in [5, 5.41) is 5.58. The third-order valence-corrected chi connectivity index (χ3v) is 5.54. The summed E-state index contributed by atoms with van der Waals surface area (Å²) in [4.78, 5) is 29.0. The van der Waals surface area contributed by atoms with Crippen molar-refractivity contribution in [1.29, 1.82) is 0 Å². The fourth-order valence-corrected chi connectivity index (χ4v) is 3.74. The highest BCUT2D eigenvalue weighted by molar-refractivity contribution is 5.96. The molecule has 0 unspecified atom stereocenters. The van der Waals surface area contributed by atoms with Crippen molar-refractivity contribution in [2.45, 2.75) is 12.5 Å². The number of esters is 1. The van der Waals surface area contributed by atoms with Crippen molar-refractivity contribution in [3.05, 3.63) is 126 Å². The second-order valence-electron chi connectivity index (χ2n) is 8.01. The number of amides is 2. The first kappa shape index (κ1) is 24.5. The smallest absolute Gasteiger partial charge is 0.341 e. The SMILES string of the molecule is COC(=O)c1cc(NC(=O)NCCc2ccncc2)ccc1OC(c1ccccc1)c1ccccc1. The van der Waals surface area contributed by atoms with Gasteiger partial charge in [-0.2, -0.15) is 0 Å². The van der Waals surface area contributed by atoms with E-state index in [0.717, 1.165) is 16.7 Å². The van der Waals surface area contributed by atoms with Gasteiger partial charge in [-0.15, -0.1) is 0 Å². The van der Waals surface area contributed by atoms with E-state index >= 15 is 0 Å². The van der Waals surface area contributed by atoms with E-state index in [1.807, 2.05) is 72.8 Å². The fourth-order valence-electron chi connectivity index (χ4n) is 3.74. The van der Waals surface area contributed by atoms with Crippen molar-refractivity contribution in [3.63, 3.8) is 0 Å². The predicted molar refractivity (Wildman–Crippen MR) is 138 cm³/mol. The number of urea groups is 1. The van der Waals surface area contributed by atoms with Crippen molar-refractivity contribution < 1.29 is 19.1 Å². The van der Waals surface area contributed by atoms with E-state index in [4.69, 9.17) is 9.47 Å². The molecular weight excluding hydrogens is 454 g/mol. The van der Waals surface area contributed by atoms with E-state index in [2.05, 4.69) is 15.6 Å². The Hall–Kier alpha value is -4.65. The van der Waals surface area contributed by atoms with Crippen molar-refractivity contribution in [1.82, 2.24) is 10.3 Å². The minimum atomic E-state index is -0.563. The second kappa shape index (κ2) is 12.2. The Morgan fingerprint density at radius 2 is 1.50 bits per heavy atom. The van der Waals surface area contributed by atoms with E-state index in [-0.39, 0.29) is 11.6 Å². The lowest BCUT2D eigenvalue weighted by Gasteiger charge is -2.22. The second-order valence-corrected chi connectivity index (χ2v) is 8.01. The number of nitrogens with zero attached hydrogens (tertiary/aromatic N) is 1. The number of anilines is 1. The number of hydrogen-bond acceptors (Lipinski definition) is 5. The van der Waals surface area contributed by atoms with Crippen LogP contribution in [0.15, 0.2) is 103 Å². The molecule has 0 aliphatic rings. The zero-order chi connectivity index (χ0) is 25.2. The quantitative estimate of drug-likeness (QED) is 0.313. The largest absolute Gasteiger partial charge is 0.480 e. The average molecular weight is 482 g/mol. The summed E-state index contributed by atoms with van der Waals surface area (Å²) < 4.78 is 11.4. The molecule has 7 nitrogen and oxygen atoms in total. The summed E-state index contributed by atoms with van der Waals surface area (Å²) in [6, 6.07) is 27.9. The first-order valence-electron chi connectivity index (χ1n) is 11.6.